The topological polar surface area (TPSA) is 29.1 Å². The van der Waals surface area contributed by atoms with E-state index in [4.69, 9.17) is 0 Å². The number of hydrogen-bond acceptors (Lipinski definition) is 2. The van der Waals surface area contributed by atoms with Gasteiger partial charge in [-0.2, -0.15) is 0 Å². The molecule has 2 nitrogen and oxygen atoms in total. The molecule has 0 saturated carbocycles. The molecule has 1 aliphatic rings. The lowest BCUT2D eigenvalue weighted by molar-refractivity contribution is -0.107. The first-order chi connectivity index (χ1) is 5.34. The summed E-state index contributed by atoms with van der Waals surface area (Å²) in [6.45, 7) is 0. The van der Waals surface area contributed by atoms with E-state index in [0.29, 0.717) is 11.3 Å². The molecule has 0 aromatic carbocycles. The molecule has 0 atom stereocenters. The number of hydrogen-bond donors (Lipinski definition) is 1. The number of carbonyl (C=O) groups excluding carboxylic acids is 1. The third kappa shape index (κ3) is 2.38. The second kappa shape index (κ2) is 4.18. The number of rotatable bonds is 3. The molecule has 11 heavy (non-hydrogen) atoms. The summed E-state index contributed by atoms with van der Waals surface area (Å²) in [6, 6.07) is 0. The highest BCUT2D eigenvalue weighted by molar-refractivity contribution is 8.01. The average Bonchev–Trinajstić information content (AvgIpc) is 2.03. The van der Waals surface area contributed by atoms with E-state index < -0.39 is 0 Å². The number of nitrogens with one attached hydrogen (secondary N) is 1. The van der Waals surface area contributed by atoms with Gasteiger partial charge in [-0.25, -0.2) is 4.39 Å². The van der Waals surface area contributed by atoms with Crippen LogP contribution in [-0.2, 0) is 4.79 Å². The van der Waals surface area contributed by atoms with Gasteiger partial charge in [-0.3, -0.25) is 9.52 Å². The van der Waals surface area contributed by atoms with Crippen LogP contribution in [0.25, 0.3) is 0 Å². The SMILES string of the molecule is O=CNSC1=CCCC=C1F. The maximum Gasteiger partial charge on any atom is 0.217 e. The highest BCUT2D eigenvalue weighted by Gasteiger charge is 2.07. The maximum absolute atomic E-state index is 12.8. The molecule has 0 bridgehead atoms. The van der Waals surface area contributed by atoms with Crippen molar-refractivity contribution in [1.82, 2.24) is 4.72 Å². The molecule has 1 aliphatic carbocycles. The molecule has 60 valence electrons. The molecule has 0 aliphatic heterocycles. The molecule has 0 aromatic rings. The van der Waals surface area contributed by atoms with E-state index in [2.05, 4.69) is 4.72 Å². The van der Waals surface area contributed by atoms with Crippen molar-refractivity contribution in [2.45, 2.75) is 12.8 Å². The average molecular weight is 173 g/mol. The van der Waals surface area contributed by atoms with Crippen LogP contribution in [0.3, 0.4) is 0 Å². The van der Waals surface area contributed by atoms with Crippen molar-refractivity contribution in [3.8, 4) is 0 Å². The van der Waals surface area contributed by atoms with Crippen molar-refractivity contribution in [2.75, 3.05) is 0 Å². The number of carbonyl (C=O) groups is 1. The van der Waals surface area contributed by atoms with Gasteiger partial charge in [0, 0.05) is 0 Å². The van der Waals surface area contributed by atoms with Crippen LogP contribution in [0.15, 0.2) is 22.9 Å². The smallest absolute Gasteiger partial charge is 0.217 e. The summed E-state index contributed by atoms with van der Waals surface area (Å²) in [4.78, 5) is 10.4. The summed E-state index contributed by atoms with van der Waals surface area (Å²) in [7, 11) is 0. The minimum absolute atomic E-state index is 0.240. The summed E-state index contributed by atoms with van der Waals surface area (Å²) in [5.41, 5.74) is 0. The lowest BCUT2D eigenvalue weighted by Crippen LogP contribution is -2.00. The molecule has 0 heterocycles. The number of amides is 1. The predicted octanol–water partition coefficient (Wildman–Crippen LogP) is 1.91. The third-order valence-corrected chi connectivity index (χ3v) is 2.07. The molecular weight excluding hydrogens is 165 g/mol. The minimum atomic E-state index is -0.240. The zero-order chi connectivity index (χ0) is 8.10. The van der Waals surface area contributed by atoms with Gasteiger partial charge in [0.25, 0.3) is 0 Å². The lowest BCUT2D eigenvalue weighted by atomic mass is 10.2. The Balaban J connectivity index is 2.49. The van der Waals surface area contributed by atoms with Gasteiger partial charge in [-0.05, 0) is 30.9 Å². The Bertz CT molecular complexity index is 212. The van der Waals surface area contributed by atoms with Crippen LogP contribution in [-0.4, -0.2) is 6.41 Å². The van der Waals surface area contributed by atoms with Crippen molar-refractivity contribution in [3.05, 3.63) is 22.9 Å². The number of allylic oxidation sites excluding steroid dienone is 3. The van der Waals surface area contributed by atoms with Gasteiger partial charge in [0.1, 0.15) is 5.83 Å². The zero-order valence-electron chi connectivity index (χ0n) is 5.84. The molecule has 4 heteroatoms. The fraction of sp³-hybridized carbons (Fsp3) is 0.286. The summed E-state index contributed by atoms with van der Waals surface area (Å²) >= 11 is 1.01. The van der Waals surface area contributed by atoms with E-state index in [1.54, 1.807) is 6.08 Å². The van der Waals surface area contributed by atoms with Gasteiger partial charge in [0.2, 0.25) is 6.41 Å². The van der Waals surface area contributed by atoms with E-state index in [9.17, 15) is 9.18 Å². The second-order valence-corrected chi connectivity index (χ2v) is 2.92. The Morgan fingerprint density at radius 1 is 1.55 bits per heavy atom. The first-order valence-electron chi connectivity index (χ1n) is 3.27. The Labute approximate surface area is 68.7 Å². The van der Waals surface area contributed by atoms with Crippen LogP contribution in [0.2, 0.25) is 0 Å². The lowest BCUT2D eigenvalue weighted by Gasteiger charge is -2.06. The van der Waals surface area contributed by atoms with E-state index in [1.165, 1.54) is 6.08 Å². The molecule has 0 fully saturated rings. The molecule has 1 N–H and O–H groups in total. The zero-order valence-corrected chi connectivity index (χ0v) is 6.66. The fourth-order valence-corrected chi connectivity index (χ4v) is 1.36. The molecule has 1 rings (SSSR count). The highest BCUT2D eigenvalue weighted by atomic mass is 32.2. The molecule has 0 unspecified atom stereocenters. The summed E-state index contributed by atoms with van der Waals surface area (Å²) in [5, 5.41) is 0. The Hall–Kier alpha value is -0.770. The normalized spacial score (nSPS) is 16.8. The molecule has 0 radical (unpaired) electrons. The maximum atomic E-state index is 12.8. The summed E-state index contributed by atoms with van der Waals surface area (Å²) < 4.78 is 15.1. The van der Waals surface area contributed by atoms with Crippen LogP contribution in [0.5, 0.6) is 0 Å². The van der Waals surface area contributed by atoms with Crippen molar-refractivity contribution in [3.63, 3.8) is 0 Å². The van der Waals surface area contributed by atoms with Crippen LogP contribution in [0.4, 0.5) is 4.39 Å². The third-order valence-electron chi connectivity index (χ3n) is 1.27. The quantitative estimate of drug-likeness (QED) is 0.521. The summed E-state index contributed by atoms with van der Waals surface area (Å²) in [6.07, 6.45) is 5.42. The fourth-order valence-electron chi connectivity index (χ4n) is 0.801. The van der Waals surface area contributed by atoms with Gasteiger partial charge < -0.3 is 0 Å². The van der Waals surface area contributed by atoms with Crippen molar-refractivity contribution < 1.29 is 9.18 Å². The van der Waals surface area contributed by atoms with Crippen molar-refractivity contribution in [1.29, 1.82) is 0 Å². The van der Waals surface area contributed by atoms with Gasteiger partial charge in [0.15, 0.2) is 0 Å². The molecule has 0 spiro atoms. The first-order valence-corrected chi connectivity index (χ1v) is 4.08. The van der Waals surface area contributed by atoms with E-state index in [1.807, 2.05) is 0 Å². The standard InChI is InChI=1S/C7H8FNOS/c8-6-3-1-2-4-7(6)11-9-5-10/h3-5H,1-2H2,(H,9,10). The van der Waals surface area contributed by atoms with Gasteiger partial charge in [-0.1, -0.05) is 6.08 Å². The number of halogens is 1. The highest BCUT2D eigenvalue weighted by Crippen LogP contribution is 2.27. The molecule has 0 aromatic heterocycles. The Kier molecular flexibility index (Phi) is 3.16. The first kappa shape index (κ1) is 8.33. The van der Waals surface area contributed by atoms with Gasteiger partial charge in [0.05, 0.1) is 4.91 Å². The monoisotopic (exact) mass is 173 g/mol. The largest absolute Gasteiger partial charge is 0.299 e. The van der Waals surface area contributed by atoms with E-state index >= 15 is 0 Å². The molecular formula is C7H8FNOS. The van der Waals surface area contributed by atoms with Crippen LogP contribution in [0.1, 0.15) is 12.8 Å². The predicted molar refractivity (Wildman–Crippen MR) is 43.3 cm³/mol. The van der Waals surface area contributed by atoms with Crippen LogP contribution >= 0.6 is 11.9 Å². The Morgan fingerprint density at radius 3 is 2.91 bits per heavy atom. The van der Waals surface area contributed by atoms with Gasteiger partial charge in [-0.15, -0.1) is 0 Å². The van der Waals surface area contributed by atoms with E-state index in [-0.39, 0.29) is 5.83 Å². The minimum Gasteiger partial charge on any atom is -0.299 e. The molecule has 0 saturated heterocycles. The van der Waals surface area contributed by atoms with E-state index in [0.717, 1.165) is 24.8 Å². The summed E-state index contributed by atoms with van der Waals surface area (Å²) in [5.74, 6) is -0.240. The van der Waals surface area contributed by atoms with Gasteiger partial charge >= 0.3 is 0 Å². The Morgan fingerprint density at radius 2 is 2.27 bits per heavy atom. The van der Waals surface area contributed by atoms with Crippen molar-refractivity contribution in [2.24, 2.45) is 0 Å². The van der Waals surface area contributed by atoms with Crippen LogP contribution in [0, 0.1) is 0 Å². The van der Waals surface area contributed by atoms with Crippen molar-refractivity contribution >= 4 is 18.4 Å². The second-order valence-electron chi connectivity index (χ2n) is 2.04. The van der Waals surface area contributed by atoms with Crippen LogP contribution < -0.4 is 4.72 Å². The molecule has 1 amide bonds.